The van der Waals surface area contributed by atoms with E-state index in [1.165, 1.54) is 0 Å². The fraction of sp³-hybridized carbons (Fsp3) is 0.667. The van der Waals surface area contributed by atoms with Crippen molar-refractivity contribution >= 4 is 0 Å². The summed E-state index contributed by atoms with van der Waals surface area (Å²) in [6, 6.07) is 2.25. The SMILES string of the molecule is CC(CO)C(C)NCc1ccn[nH]1. The standard InChI is InChI=1S/C9H17N3O/c1-7(6-13)8(2)10-5-9-3-4-11-12-9/h3-4,7-8,10,13H,5-6H2,1-2H3,(H,11,12). The van der Waals surface area contributed by atoms with Crippen molar-refractivity contribution in [2.75, 3.05) is 6.61 Å². The molecule has 4 heteroatoms. The summed E-state index contributed by atoms with van der Waals surface area (Å²) < 4.78 is 0. The lowest BCUT2D eigenvalue weighted by atomic mass is 10.1. The Kier molecular flexibility index (Phi) is 3.92. The Balaban J connectivity index is 2.26. The van der Waals surface area contributed by atoms with E-state index >= 15 is 0 Å². The summed E-state index contributed by atoms with van der Waals surface area (Å²) in [5.41, 5.74) is 1.07. The number of aliphatic hydroxyl groups is 1. The topological polar surface area (TPSA) is 60.9 Å². The number of hydrogen-bond donors (Lipinski definition) is 3. The second-order valence-electron chi connectivity index (χ2n) is 3.41. The molecule has 1 rings (SSSR count). The van der Waals surface area contributed by atoms with Crippen molar-refractivity contribution < 1.29 is 5.11 Å². The van der Waals surface area contributed by atoms with Crippen LogP contribution >= 0.6 is 0 Å². The van der Waals surface area contributed by atoms with Gasteiger partial charge in [0, 0.05) is 31.1 Å². The molecule has 0 radical (unpaired) electrons. The maximum atomic E-state index is 8.90. The Bertz CT molecular complexity index is 223. The van der Waals surface area contributed by atoms with Gasteiger partial charge in [0.2, 0.25) is 0 Å². The van der Waals surface area contributed by atoms with Crippen LogP contribution < -0.4 is 5.32 Å². The van der Waals surface area contributed by atoms with Gasteiger partial charge in [0.25, 0.3) is 0 Å². The van der Waals surface area contributed by atoms with E-state index in [1.54, 1.807) is 6.20 Å². The molecule has 0 aliphatic rings. The van der Waals surface area contributed by atoms with Crippen LogP contribution in [0.3, 0.4) is 0 Å². The van der Waals surface area contributed by atoms with Gasteiger partial charge in [-0.05, 0) is 18.9 Å². The highest BCUT2D eigenvalue weighted by molar-refractivity contribution is 4.96. The number of aromatic nitrogens is 2. The number of H-pyrrole nitrogens is 1. The van der Waals surface area contributed by atoms with Crippen molar-refractivity contribution in [1.82, 2.24) is 15.5 Å². The number of rotatable bonds is 5. The molecule has 3 N–H and O–H groups in total. The molecule has 0 aliphatic heterocycles. The lowest BCUT2D eigenvalue weighted by Crippen LogP contribution is -2.33. The molecule has 4 nitrogen and oxygen atoms in total. The molecule has 0 saturated heterocycles. The maximum Gasteiger partial charge on any atom is 0.0490 e. The first-order valence-corrected chi connectivity index (χ1v) is 4.56. The second kappa shape index (κ2) is 4.99. The molecule has 13 heavy (non-hydrogen) atoms. The molecule has 0 saturated carbocycles. The molecule has 1 heterocycles. The van der Waals surface area contributed by atoms with Crippen molar-refractivity contribution in [1.29, 1.82) is 0 Å². The molecular formula is C9H17N3O. The average Bonchev–Trinajstić information content (AvgIpc) is 2.65. The Morgan fingerprint density at radius 2 is 2.38 bits per heavy atom. The van der Waals surface area contributed by atoms with Crippen molar-refractivity contribution in [2.45, 2.75) is 26.4 Å². The van der Waals surface area contributed by atoms with Crippen molar-refractivity contribution in [3.8, 4) is 0 Å². The fourth-order valence-electron chi connectivity index (χ4n) is 1.01. The first kappa shape index (κ1) is 10.2. The van der Waals surface area contributed by atoms with E-state index < -0.39 is 0 Å². The minimum atomic E-state index is 0.219. The van der Waals surface area contributed by atoms with E-state index in [1.807, 2.05) is 13.0 Å². The van der Waals surface area contributed by atoms with Crippen LogP contribution in [-0.4, -0.2) is 28.0 Å². The van der Waals surface area contributed by atoms with Crippen LogP contribution in [0.15, 0.2) is 12.3 Å². The largest absolute Gasteiger partial charge is 0.396 e. The van der Waals surface area contributed by atoms with E-state index in [4.69, 9.17) is 5.11 Å². The summed E-state index contributed by atoms with van der Waals surface area (Å²) in [5.74, 6) is 0.280. The van der Waals surface area contributed by atoms with Crippen molar-refractivity contribution in [2.24, 2.45) is 5.92 Å². The predicted octanol–water partition coefficient (Wildman–Crippen LogP) is 0.516. The van der Waals surface area contributed by atoms with Gasteiger partial charge >= 0.3 is 0 Å². The van der Waals surface area contributed by atoms with E-state index in [0.717, 1.165) is 12.2 Å². The summed E-state index contributed by atoms with van der Waals surface area (Å²) in [7, 11) is 0. The van der Waals surface area contributed by atoms with Crippen LogP contribution in [0.4, 0.5) is 0 Å². The van der Waals surface area contributed by atoms with E-state index in [-0.39, 0.29) is 12.5 Å². The predicted molar refractivity (Wildman–Crippen MR) is 51.1 cm³/mol. The van der Waals surface area contributed by atoms with Crippen LogP contribution in [0.2, 0.25) is 0 Å². The molecule has 0 fully saturated rings. The van der Waals surface area contributed by atoms with Crippen molar-refractivity contribution in [3.05, 3.63) is 18.0 Å². The van der Waals surface area contributed by atoms with Gasteiger partial charge in [-0.2, -0.15) is 5.10 Å². The van der Waals surface area contributed by atoms with E-state index in [0.29, 0.717) is 6.04 Å². The van der Waals surface area contributed by atoms with Gasteiger partial charge in [0.05, 0.1) is 0 Å². The zero-order valence-electron chi connectivity index (χ0n) is 8.12. The number of aliphatic hydroxyl groups excluding tert-OH is 1. The third kappa shape index (κ3) is 3.16. The van der Waals surface area contributed by atoms with Crippen LogP contribution in [0.5, 0.6) is 0 Å². The molecule has 2 unspecified atom stereocenters. The molecule has 0 aromatic carbocycles. The van der Waals surface area contributed by atoms with Crippen LogP contribution in [-0.2, 0) is 6.54 Å². The third-order valence-electron chi connectivity index (χ3n) is 2.31. The first-order chi connectivity index (χ1) is 6.24. The van der Waals surface area contributed by atoms with Gasteiger partial charge in [-0.3, -0.25) is 5.10 Å². The zero-order valence-corrected chi connectivity index (χ0v) is 8.12. The average molecular weight is 183 g/mol. The molecule has 0 amide bonds. The normalized spacial score (nSPS) is 15.6. The lowest BCUT2D eigenvalue weighted by Gasteiger charge is -2.18. The van der Waals surface area contributed by atoms with Gasteiger partial charge in [-0.1, -0.05) is 6.92 Å². The van der Waals surface area contributed by atoms with Gasteiger partial charge in [0.15, 0.2) is 0 Å². The molecule has 2 atom stereocenters. The molecular weight excluding hydrogens is 166 g/mol. The molecule has 0 aliphatic carbocycles. The smallest absolute Gasteiger partial charge is 0.0490 e. The second-order valence-corrected chi connectivity index (χ2v) is 3.41. The van der Waals surface area contributed by atoms with Gasteiger partial charge in [0.1, 0.15) is 0 Å². The number of nitrogens with zero attached hydrogens (tertiary/aromatic N) is 1. The molecule has 1 aromatic heterocycles. The van der Waals surface area contributed by atoms with Gasteiger partial charge in [-0.25, -0.2) is 0 Å². The minimum absolute atomic E-state index is 0.219. The molecule has 1 aromatic rings. The van der Waals surface area contributed by atoms with Crippen LogP contribution in [0.25, 0.3) is 0 Å². The van der Waals surface area contributed by atoms with Gasteiger partial charge in [-0.15, -0.1) is 0 Å². The van der Waals surface area contributed by atoms with E-state index in [9.17, 15) is 0 Å². The summed E-state index contributed by atoms with van der Waals surface area (Å²) in [4.78, 5) is 0. The monoisotopic (exact) mass is 183 g/mol. The fourth-order valence-corrected chi connectivity index (χ4v) is 1.01. The highest BCUT2D eigenvalue weighted by Gasteiger charge is 2.09. The Morgan fingerprint density at radius 3 is 2.92 bits per heavy atom. The van der Waals surface area contributed by atoms with E-state index in [2.05, 4.69) is 22.4 Å². The number of nitrogens with one attached hydrogen (secondary N) is 2. The number of aromatic amines is 1. The zero-order chi connectivity index (χ0) is 9.68. The Labute approximate surface area is 78.4 Å². The molecule has 0 spiro atoms. The number of hydrogen-bond acceptors (Lipinski definition) is 3. The Hall–Kier alpha value is -0.870. The minimum Gasteiger partial charge on any atom is -0.396 e. The maximum absolute atomic E-state index is 8.90. The molecule has 0 bridgehead atoms. The summed E-state index contributed by atoms with van der Waals surface area (Å²) in [6.07, 6.45) is 1.73. The summed E-state index contributed by atoms with van der Waals surface area (Å²) >= 11 is 0. The summed E-state index contributed by atoms with van der Waals surface area (Å²) in [5, 5.41) is 18.9. The first-order valence-electron chi connectivity index (χ1n) is 4.56. The quantitative estimate of drug-likeness (QED) is 0.623. The van der Waals surface area contributed by atoms with Gasteiger partial charge < -0.3 is 10.4 Å². The highest BCUT2D eigenvalue weighted by Crippen LogP contribution is 2.01. The highest BCUT2D eigenvalue weighted by atomic mass is 16.3. The van der Waals surface area contributed by atoms with Crippen LogP contribution in [0.1, 0.15) is 19.5 Å². The van der Waals surface area contributed by atoms with Crippen molar-refractivity contribution in [3.63, 3.8) is 0 Å². The molecule has 74 valence electrons. The Morgan fingerprint density at radius 1 is 1.62 bits per heavy atom. The van der Waals surface area contributed by atoms with Crippen LogP contribution in [0, 0.1) is 5.92 Å². The summed E-state index contributed by atoms with van der Waals surface area (Å²) in [6.45, 7) is 5.07. The third-order valence-corrected chi connectivity index (χ3v) is 2.31. The lowest BCUT2D eigenvalue weighted by molar-refractivity contribution is 0.207.